The lowest BCUT2D eigenvalue weighted by molar-refractivity contribution is 0.827. The summed E-state index contributed by atoms with van der Waals surface area (Å²) in [6.07, 6.45) is 2.31. The maximum atomic E-state index is 5.83. The Bertz CT molecular complexity index is 279. The number of anilines is 2. The third-order valence-corrected chi connectivity index (χ3v) is 2.94. The molecule has 0 unspecified atom stereocenters. The standard InChI is InChI=1S/C9H11BrN2/c10-7-3-4-8(11)9-6(7)2-1-5-12-9/h3-4,12H,1-2,5,11H2. The summed E-state index contributed by atoms with van der Waals surface area (Å²) in [4.78, 5) is 0. The van der Waals surface area contributed by atoms with Gasteiger partial charge in [0.1, 0.15) is 0 Å². The lowest BCUT2D eigenvalue weighted by Gasteiger charge is -2.20. The van der Waals surface area contributed by atoms with Crippen LogP contribution in [0.25, 0.3) is 0 Å². The molecule has 2 rings (SSSR count). The van der Waals surface area contributed by atoms with Crippen molar-refractivity contribution in [2.75, 3.05) is 17.6 Å². The van der Waals surface area contributed by atoms with Gasteiger partial charge in [-0.1, -0.05) is 15.9 Å². The second kappa shape index (κ2) is 2.98. The lowest BCUT2D eigenvalue weighted by atomic mass is 10.0. The predicted molar refractivity (Wildman–Crippen MR) is 55.4 cm³/mol. The van der Waals surface area contributed by atoms with Crippen LogP contribution >= 0.6 is 15.9 Å². The molecule has 0 atom stereocenters. The van der Waals surface area contributed by atoms with Gasteiger partial charge < -0.3 is 11.1 Å². The third kappa shape index (κ3) is 1.18. The van der Waals surface area contributed by atoms with E-state index in [0.717, 1.165) is 24.3 Å². The molecule has 3 heteroatoms. The van der Waals surface area contributed by atoms with Crippen molar-refractivity contribution >= 4 is 27.3 Å². The summed E-state index contributed by atoms with van der Waals surface area (Å²) in [7, 11) is 0. The molecule has 0 saturated heterocycles. The van der Waals surface area contributed by atoms with Crippen LogP contribution in [0, 0.1) is 0 Å². The molecular weight excluding hydrogens is 216 g/mol. The van der Waals surface area contributed by atoms with Crippen LogP contribution in [0.3, 0.4) is 0 Å². The van der Waals surface area contributed by atoms with Gasteiger partial charge in [-0.3, -0.25) is 0 Å². The molecule has 0 saturated carbocycles. The molecule has 0 radical (unpaired) electrons. The molecule has 1 aliphatic rings. The molecule has 12 heavy (non-hydrogen) atoms. The van der Waals surface area contributed by atoms with Crippen LogP contribution in [0.15, 0.2) is 16.6 Å². The average molecular weight is 227 g/mol. The van der Waals surface area contributed by atoms with E-state index in [1.165, 1.54) is 16.5 Å². The Morgan fingerprint density at radius 2 is 2.25 bits per heavy atom. The Hall–Kier alpha value is -0.700. The van der Waals surface area contributed by atoms with E-state index in [1.807, 2.05) is 12.1 Å². The number of nitrogens with one attached hydrogen (secondary N) is 1. The van der Waals surface area contributed by atoms with E-state index in [4.69, 9.17) is 5.73 Å². The molecular formula is C9H11BrN2. The number of hydrogen-bond acceptors (Lipinski definition) is 2. The molecule has 0 aliphatic carbocycles. The number of rotatable bonds is 0. The molecule has 0 bridgehead atoms. The molecule has 0 spiro atoms. The summed E-state index contributed by atoms with van der Waals surface area (Å²) in [5.74, 6) is 0. The summed E-state index contributed by atoms with van der Waals surface area (Å²) in [5, 5.41) is 3.32. The highest BCUT2D eigenvalue weighted by molar-refractivity contribution is 9.10. The first-order valence-electron chi connectivity index (χ1n) is 4.10. The van der Waals surface area contributed by atoms with E-state index < -0.39 is 0 Å². The Morgan fingerprint density at radius 1 is 1.42 bits per heavy atom. The second-order valence-corrected chi connectivity index (χ2v) is 3.87. The monoisotopic (exact) mass is 226 g/mol. The maximum absolute atomic E-state index is 5.83. The molecule has 3 N–H and O–H groups in total. The van der Waals surface area contributed by atoms with Crippen molar-refractivity contribution in [2.24, 2.45) is 0 Å². The van der Waals surface area contributed by atoms with Crippen LogP contribution in [0.2, 0.25) is 0 Å². The summed E-state index contributed by atoms with van der Waals surface area (Å²) in [6.45, 7) is 1.04. The van der Waals surface area contributed by atoms with Crippen LogP contribution in [-0.2, 0) is 6.42 Å². The zero-order chi connectivity index (χ0) is 8.55. The Morgan fingerprint density at radius 3 is 3.00 bits per heavy atom. The van der Waals surface area contributed by atoms with Crippen molar-refractivity contribution in [2.45, 2.75) is 12.8 Å². The van der Waals surface area contributed by atoms with Crippen molar-refractivity contribution in [1.82, 2.24) is 0 Å². The first-order valence-corrected chi connectivity index (χ1v) is 4.89. The summed E-state index contributed by atoms with van der Waals surface area (Å²) in [6, 6.07) is 3.95. The fraction of sp³-hybridized carbons (Fsp3) is 0.333. The quantitative estimate of drug-likeness (QED) is 0.668. The van der Waals surface area contributed by atoms with Crippen molar-refractivity contribution < 1.29 is 0 Å². The molecule has 0 amide bonds. The number of nitrogen functional groups attached to an aromatic ring is 1. The normalized spacial score (nSPS) is 15.1. The van der Waals surface area contributed by atoms with E-state index in [1.54, 1.807) is 0 Å². The first-order chi connectivity index (χ1) is 5.79. The summed E-state index contributed by atoms with van der Waals surface area (Å²) >= 11 is 3.52. The van der Waals surface area contributed by atoms with Crippen LogP contribution in [0.1, 0.15) is 12.0 Å². The number of benzene rings is 1. The van der Waals surface area contributed by atoms with Crippen LogP contribution in [-0.4, -0.2) is 6.54 Å². The zero-order valence-corrected chi connectivity index (χ0v) is 8.32. The average Bonchev–Trinajstić information content (AvgIpc) is 2.12. The fourth-order valence-corrected chi connectivity index (χ4v) is 2.10. The molecule has 1 aromatic carbocycles. The van der Waals surface area contributed by atoms with Crippen LogP contribution in [0.4, 0.5) is 11.4 Å². The van der Waals surface area contributed by atoms with Crippen molar-refractivity contribution in [3.63, 3.8) is 0 Å². The highest BCUT2D eigenvalue weighted by Gasteiger charge is 2.13. The van der Waals surface area contributed by atoms with Gasteiger partial charge in [0.2, 0.25) is 0 Å². The van der Waals surface area contributed by atoms with Gasteiger partial charge in [-0.15, -0.1) is 0 Å². The molecule has 1 heterocycles. The number of halogens is 1. The smallest absolute Gasteiger partial charge is 0.0617 e. The van der Waals surface area contributed by atoms with Gasteiger partial charge in [0.05, 0.1) is 11.4 Å². The minimum atomic E-state index is 0.855. The Labute approximate surface area is 80.3 Å². The minimum absolute atomic E-state index is 0.855. The van der Waals surface area contributed by atoms with Gasteiger partial charge in [0.25, 0.3) is 0 Å². The lowest BCUT2D eigenvalue weighted by Crippen LogP contribution is -2.13. The Balaban J connectivity index is 2.57. The Kier molecular flexibility index (Phi) is 1.97. The summed E-state index contributed by atoms with van der Waals surface area (Å²) in [5.41, 5.74) is 9.12. The SMILES string of the molecule is Nc1ccc(Br)c2c1NCCC2. The van der Waals surface area contributed by atoms with Gasteiger partial charge in [-0.05, 0) is 30.5 Å². The van der Waals surface area contributed by atoms with Gasteiger partial charge in [-0.2, -0.15) is 0 Å². The summed E-state index contributed by atoms with van der Waals surface area (Å²) < 4.78 is 1.17. The van der Waals surface area contributed by atoms with Crippen molar-refractivity contribution in [1.29, 1.82) is 0 Å². The molecule has 0 aromatic heterocycles. The zero-order valence-electron chi connectivity index (χ0n) is 6.73. The van der Waals surface area contributed by atoms with E-state index in [-0.39, 0.29) is 0 Å². The van der Waals surface area contributed by atoms with Crippen molar-refractivity contribution in [3.05, 3.63) is 22.2 Å². The molecule has 64 valence electrons. The highest BCUT2D eigenvalue weighted by Crippen LogP contribution is 2.33. The molecule has 0 fully saturated rings. The molecule has 1 aromatic rings. The van der Waals surface area contributed by atoms with Crippen molar-refractivity contribution in [3.8, 4) is 0 Å². The van der Waals surface area contributed by atoms with Gasteiger partial charge in [0, 0.05) is 11.0 Å². The highest BCUT2D eigenvalue weighted by atomic mass is 79.9. The van der Waals surface area contributed by atoms with Gasteiger partial charge in [-0.25, -0.2) is 0 Å². The minimum Gasteiger partial charge on any atom is -0.397 e. The maximum Gasteiger partial charge on any atom is 0.0617 e. The van der Waals surface area contributed by atoms with E-state index in [0.29, 0.717) is 0 Å². The molecule has 2 nitrogen and oxygen atoms in total. The number of fused-ring (bicyclic) bond motifs is 1. The third-order valence-electron chi connectivity index (χ3n) is 2.19. The first kappa shape index (κ1) is 7.92. The van der Waals surface area contributed by atoms with E-state index in [9.17, 15) is 0 Å². The number of hydrogen-bond donors (Lipinski definition) is 2. The fourth-order valence-electron chi connectivity index (χ4n) is 1.57. The van der Waals surface area contributed by atoms with E-state index in [2.05, 4.69) is 21.2 Å². The number of nitrogens with two attached hydrogens (primary N) is 1. The van der Waals surface area contributed by atoms with E-state index >= 15 is 0 Å². The topological polar surface area (TPSA) is 38.0 Å². The second-order valence-electron chi connectivity index (χ2n) is 3.02. The van der Waals surface area contributed by atoms with Crippen LogP contribution < -0.4 is 11.1 Å². The largest absolute Gasteiger partial charge is 0.397 e. The van der Waals surface area contributed by atoms with Crippen LogP contribution in [0.5, 0.6) is 0 Å². The van der Waals surface area contributed by atoms with Gasteiger partial charge >= 0.3 is 0 Å². The predicted octanol–water partition coefficient (Wildman–Crippen LogP) is 2.39. The van der Waals surface area contributed by atoms with Gasteiger partial charge in [0.15, 0.2) is 0 Å². The molecule has 1 aliphatic heterocycles.